The predicted octanol–water partition coefficient (Wildman–Crippen LogP) is 5.42. The maximum absolute atomic E-state index is 13.5. The first-order valence-corrected chi connectivity index (χ1v) is 12.3. The highest BCUT2D eigenvalue weighted by Gasteiger charge is 2.32. The predicted molar refractivity (Wildman–Crippen MR) is 125 cm³/mol. The van der Waals surface area contributed by atoms with Crippen LogP contribution in [0, 0.1) is 5.82 Å². The van der Waals surface area contributed by atoms with E-state index in [1.165, 1.54) is 29.5 Å². The third-order valence-corrected chi connectivity index (χ3v) is 6.96. The van der Waals surface area contributed by atoms with Crippen LogP contribution in [0.2, 0.25) is 0 Å². The Bertz CT molecular complexity index is 1190. The van der Waals surface area contributed by atoms with E-state index in [2.05, 4.69) is 21.6 Å². The zero-order valence-corrected chi connectivity index (χ0v) is 18.9. The monoisotopic (exact) mass is 464 g/mol. The van der Waals surface area contributed by atoms with Crippen LogP contribution in [0.3, 0.4) is 0 Å². The third kappa shape index (κ3) is 4.61. The summed E-state index contributed by atoms with van der Waals surface area (Å²) in [5.41, 5.74) is 2.82. The standard InChI is InChI=1S/C24H21FN4OS2/c25-19-6-8-21(9-7-19)29-23(18-4-2-1-3-5-18)26-27-24(29)32-16-22(30)28(20-10-11-20)14-17-12-13-31-15-17/h1-9,12-13,15,20H,10-11,14,16H2. The molecule has 2 aromatic heterocycles. The summed E-state index contributed by atoms with van der Waals surface area (Å²) in [4.78, 5) is 15.1. The Labute approximate surface area is 193 Å². The fraction of sp³-hybridized carbons (Fsp3) is 0.208. The average molecular weight is 465 g/mol. The zero-order chi connectivity index (χ0) is 21.9. The molecule has 1 aliphatic carbocycles. The molecular formula is C24H21FN4OS2. The molecule has 1 aliphatic rings. The van der Waals surface area contributed by atoms with Gasteiger partial charge in [-0.05, 0) is 59.5 Å². The molecule has 4 aromatic rings. The molecule has 2 heterocycles. The second-order valence-electron chi connectivity index (χ2n) is 7.66. The van der Waals surface area contributed by atoms with Gasteiger partial charge in [-0.3, -0.25) is 9.36 Å². The molecule has 0 aliphatic heterocycles. The molecule has 5 rings (SSSR count). The second-order valence-corrected chi connectivity index (χ2v) is 9.38. The number of benzene rings is 2. The number of hydrogen-bond donors (Lipinski definition) is 0. The SMILES string of the molecule is O=C(CSc1nnc(-c2ccccc2)n1-c1ccc(F)cc1)N(Cc1ccsc1)C1CC1. The van der Waals surface area contributed by atoms with Crippen LogP contribution in [-0.4, -0.2) is 37.4 Å². The van der Waals surface area contributed by atoms with Crippen molar-refractivity contribution in [2.75, 3.05) is 5.75 Å². The molecule has 8 heteroatoms. The van der Waals surface area contributed by atoms with E-state index in [1.54, 1.807) is 23.5 Å². The number of hydrogen-bond acceptors (Lipinski definition) is 5. The number of amides is 1. The number of thioether (sulfide) groups is 1. The minimum Gasteiger partial charge on any atom is -0.335 e. The first-order valence-electron chi connectivity index (χ1n) is 10.4. The number of halogens is 1. The van der Waals surface area contributed by atoms with E-state index in [0.29, 0.717) is 23.6 Å². The van der Waals surface area contributed by atoms with Crippen LogP contribution in [0.1, 0.15) is 18.4 Å². The summed E-state index contributed by atoms with van der Waals surface area (Å²) in [6.45, 7) is 0.646. The van der Waals surface area contributed by atoms with Crippen molar-refractivity contribution in [1.82, 2.24) is 19.7 Å². The molecule has 1 saturated carbocycles. The molecule has 32 heavy (non-hydrogen) atoms. The molecule has 0 unspecified atom stereocenters. The minimum atomic E-state index is -0.305. The summed E-state index contributed by atoms with van der Waals surface area (Å²) in [7, 11) is 0. The lowest BCUT2D eigenvalue weighted by atomic mass is 10.2. The van der Waals surface area contributed by atoms with Gasteiger partial charge in [0.1, 0.15) is 5.82 Å². The molecule has 0 N–H and O–H groups in total. The second kappa shape index (κ2) is 9.26. The maximum Gasteiger partial charge on any atom is 0.233 e. The van der Waals surface area contributed by atoms with E-state index < -0.39 is 0 Å². The Hall–Kier alpha value is -2.97. The van der Waals surface area contributed by atoms with E-state index in [9.17, 15) is 9.18 Å². The summed E-state index contributed by atoms with van der Waals surface area (Å²) in [6.07, 6.45) is 2.12. The van der Waals surface area contributed by atoms with Gasteiger partial charge >= 0.3 is 0 Å². The van der Waals surface area contributed by atoms with Crippen LogP contribution in [0.4, 0.5) is 4.39 Å². The van der Waals surface area contributed by atoms with Crippen molar-refractivity contribution in [2.24, 2.45) is 0 Å². The highest BCUT2D eigenvalue weighted by molar-refractivity contribution is 7.99. The number of carbonyl (C=O) groups is 1. The van der Waals surface area contributed by atoms with Crippen molar-refractivity contribution >= 4 is 29.0 Å². The van der Waals surface area contributed by atoms with E-state index in [-0.39, 0.29) is 17.5 Å². The van der Waals surface area contributed by atoms with Crippen molar-refractivity contribution in [3.05, 3.63) is 82.8 Å². The summed E-state index contributed by atoms with van der Waals surface area (Å²) < 4.78 is 15.4. The van der Waals surface area contributed by atoms with Crippen molar-refractivity contribution in [2.45, 2.75) is 30.6 Å². The quantitative estimate of drug-likeness (QED) is 0.327. The van der Waals surface area contributed by atoms with E-state index in [0.717, 1.165) is 24.1 Å². The average Bonchev–Trinajstić information content (AvgIpc) is 3.36. The van der Waals surface area contributed by atoms with Crippen molar-refractivity contribution in [3.8, 4) is 17.1 Å². The van der Waals surface area contributed by atoms with E-state index >= 15 is 0 Å². The number of rotatable bonds is 8. The van der Waals surface area contributed by atoms with Crippen molar-refractivity contribution in [3.63, 3.8) is 0 Å². The lowest BCUT2D eigenvalue weighted by Gasteiger charge is -2.22. The van der Waals surface area contributed by atoms with Crippen LogP contribution in [-0.2, 0) is 11.3 Å². The smallest absolute Gasteiger partial charge is 0.233 e. The molecule has 0 saturated heterocycles. The number of thiophene rings is 1. The molecule has 162 valence electrons. The highest BCUT2D eigenvalue weighted by Crippen LogP contribution is 2.32. The molecule has 0 atom stereocenters. The van der Waals surface area contributed by atoms with E-state index in [1.807, 2.05) is 45.2 Å². The molecule has 0 radical (unpaired) electrons. The lowest BCUT2D eigenvalue weighted by molar-refractivity contribution is -0.129. The Kier molecular flexibility index (Phi) is 6.05. The molecule has 0 spiro atoms. The van der Waals surface area contributed by atoms with Gasteiger partial charge in [0.2, 0.25) is 5.91 Å². The molecule has 0 bridgehead atoms. The van der Waals surface area contributed by atoms with Gasteiger partial charge in [0.15, 0.2) is 11.0 Å². The normalized spacial score (nSPS) is 13.3. The summed E-state index contributed by atoms with van der Waals surface area (Å²) in [6, 6.07) is 18.4. The van der Waals surface area contributed by atoms with Gasteiger partial charge in [0, 0.05) is 23.8 Å². The van der Waals surface area contributed by atoms with Crippen LogP contribution >= 0.6 is 23.1 Å². The topological polar surface area (TPSA) is 51.0 Å². The molecule has 1 amide bonds. The van der Waals surface area contributed by atoms with Crippen LogP contribution in [0.25, 0.3) is 17.1 Å². The molecular weight excluding hydrogens is 443 g/mol. The first-order chi connectivity index (χ1) is 15.7. The number of carbonyl (C=O) groups excluding carboxylic acids is 1. The van der Waals surface area contributed by atoms with Crippen molar-refractivity contribution in [1.29, 1.82) is 0 Å². The van der Waals surface area contributed by atoms with Gasteiger partial charge in [-0.2, -0.15) is 11.3 Å². The van der Waals surface area contributed by atoms with Crippen LogP contribution in [0.5, 0.6) is 0 Å². The fourth-order valence-electron chi connectivity index (χ4n) is 3.56. The first kappa shape index (κ1) is 20.9. The Balaban J connectivity index is 1.40. The lowest BCUT2D eigenvalue weighted by Crippen LogP contribution is -2.33. The molecule has 5 nitrogen and oxygen atoms in total. The summed E-state index contributed by atoms with van der Waals surface area (Å²) in [5, 5.41) is 13.5. The summed E-state index contributed by atoms with van der Waals surface area (Å²) >= 11 is 3.01. The number of aromatic nitrogens is 3. The summed E-state index contributed by atoms with van der Waals surface area (Å²) in [5.74, 6) is 0.721. The number of nitrogens with zero attached hydrogens (tertiary/aromatic N) is 4. The van der Waals surface area contributed by atoms with Gasteiger partial charge in [-0.1, -0.05) is 42.1 Å². The third-order valence-electron chi connectivity index (χ3n) is 5.32. The Morgan fingerprint density at radius 1 is 1.09 bits per heavy atom. The van der Waals surface area contributed by atoms with Crippen molar-refractivity contribution < 1.29 is 9.18 Å². The van der Waals surface area contributed by atoms with Gasteiger partial charge < -0.3 is 4.90 Å². The van der Waals surface area contributed by atoms with Gasteiger partial charge in [-0.25, -0.2) is 4.39 Å². The molecule has 1 fully saturated rings. The van der Waals surface area contributed by atoms with Gasteiger partial charge in [0.05, 0.1) is 5.75 Å². The van der Waals surface area contributed by atoms with Gasteiger partial charge in [-0.15, -0.1) is 10.2 Å². The maximum atomic E-state index is 13.5. The largest absolute Gasteiger partial charge is 0.335 e. The minimum absolute atomic E-state index is 0.0959. The fourth-order valence-corrected chi connectivity index (χ4v) is 5.05. The highest BCUT2D eigenvalue weighted by atomic mass is 32.2. The van der Waals surface area contributed by atoms with Crippen LogP contribution in [0.15, 0.2) is 76.6 Å². The zero-order valence-electron chi connectivity index (χ0n) is 17.2. The van der Waals surface area contributed by atoms with Gasteiger partial charge in [0.25, 0.3) is 0 Å². The van der Waals surface area contributed by atoms with E-state index in [4.69, 9.17) is 0 Å². The van der Waals surface area contributed by atoms with Crippen LogP contribution < -0.4 is 0 Å². The molecule has 2 aromatic carbocycles. The Morgan fingerprint density at radius 2 is 1.88 bits per heavy atom. The Morgan fingerprint density at radius 3 is 2.56 bits per heavy atom.